The molecule has 126 valence electrons. The zero-order valence-corrected chi connectivity index (χ0v) is 15.3. The maximum Gasteiger partial charge on any atom is 0.191 e. The Morgan fingerprint density at radius 1 is 1.17 bits per heavy atom. The highest BCUT2D eigenvalue weighted by Crippen LogP contribution is 2.21. The summed E-state index contributed by atoms with van der Waals surface area (Å²) in [6.07, 6.45) is 3.08. The summed E-state index contributed by atoms with van der Waals surface area (Å²) < 4.78 is 0. The van der Waals surface area contributed by atoms with Crippen molar-refractivity contribution in [2.24, 2.45) is 4.99 Å². The van der Waals surface area contributed by atoms with Gasteiger partial charge in [-0.2, -0.15) is 0 Å². The van der Waals surface area contributed by atoms with Crippen molar-refractivity contribution in [2.75, 3.05) is 13.6 Å². The molecule has 3 N–H and O–H groups in total. The van der Waals surface area contributed by atoms with Gasteiger partial charge in [-0.3, -0.25) is 4.99 Å². The number of aliphatic imine (C=N–C) groups is 1. The first kappa shape index (κ1) is 16.6. The molecule has 0 spiro atoms. The Hall–Kier alpha value is -2.27. The molecule has 24 heavy (non-hydrogen) atoms. The minimum atomic E-state index is 0.810. The first-order valence-electron chi connectivity index (χ1n) is 8.23. The van der Waals surface area contributed by atoms with E-state index in [4.69, 9.17) is 0 Å². The third-order valence-corrected chi connectivity index (χ3v) is 5.15. The molecule has 4 nitrogen and oxygen atoms in total. The lowest BCUT2D eigenvalue weighted by Gasteiger charge is -2.11. The molecule has 1 aromatic carbocycles. The standard InChI is InChI=1S/C19H24N4S/c1-13-5-4-6-17-15(11-22-18(13)17)9-10-21-19(20-3)23-12-16-8-7-14(2)24-16/h4-8,11,22H,9-10,12H2,1-3H3,(H2,20,21,23). The molecular formula is C19H24N4S. The van der Waals surface area contributed by atoms with E-state index < -0.39 is 0 Å². The van der Waals surface area contributed by atoms with Crippen LogP contribution in [-0.2, 0) is 13.0 Å². The number of hydrogen-bond donors (Lipinski definition) is 3. The van der Waals surface area contributed by atoms with Crippen LogP contribution in [0.1, 0.15) is 20.9 Å². The van der Waals surface area contributed by atoms with Crippen molar-refractivity contribution in [3.05, 3.63) is 57.4 Å². The average molecular weight is 340 g/mol. The summed E-state index contributed by atoms with van der Waals surface area (Å²) in [5.74, 6) is 0.845. The number of fused-ring (bicyclic) bond motifs is 1. The summed E-state index contributed by atoms with van der Waals surface area (Å²) in [5, 5.41) is 8.07. The van der Waals surface area contributed by atoms with Gasteiger partial charge in [-0.15, -0.1) is 11.3 Å². The maximum atomic E-state index is 4.30. The molecule has 0 radical (unpaired) electrons. The fourth-order valence-corrected chi connectivity index (χ4v) is 3.69. The molecule has 0 atom stereocenters. The number of H-pyrrole nitrogens is 1. The Balaban J connectivity index is 1.53. The summed E-state index contributed by atoms with van der Waals surface area (Å²) in [6, 6.07) is 10.7. The first-order chi connectivity index (χ1) is 11.7. The number of para-hydroxylation sites is 1. The zero-order valence-electron chi connectivity index (χ0n) is 14.4. The van der Waals surface area contributed by atoms with Crippen molar-refractivity contribution in [1.82, 2.24) is 15.6 Å². The summed E-state index contributed by atoms with van der Waals surface area (Å²) in [6.45, 7) is 5.93. The lowest BCUT2D eigenvalue weighted by molar-refractivity contribution is 0.801. The molecule has 2 heterocycles. The van der Waals surface area contributed by atoms with Crippen LogP contribution in [0.3, 0.4) is 0 Å². The Labute approximate surface area is 147 Å². The monoisotopic (exact) mass is 340 g/mol. The number of aromatic amines is 1. The molecule has 0 aliphatic rings. The van der Waals surface area contributed by atoms with Crippen LogP contribution in [0.2, 0.25) is 0 Å². The molecule has 0 fully saturated rings. The van der Waals surface area contributed by atoms with E-state index in [1.807, 2.05) is 18.4 Å². The summed E-state index contributed by atoms with van der Waals surface area (Å²) in [5.41, 5.74) is 3.86. The average Bonchev–Trinajstić information content (AvgIpc) is 3.18. The fraction of sp³-hybridized carbons (Fsp3) is 0.316. The van der Waals surface area contributed by atoms with E-state index in [1.165, 1.54) is 31.8 Å². The predicted octanol–water partition coefficient (Wildman–Crippen LogP) is 3.75. The van der Waals surface area contributed by atoms with Crippen LogP contribution in [0.25, 0.3) is 10.9 Å². The van der Waals surface area contributed by atoms with Crippen molar-refractivity contribution in [3.8, 4) is 0 Å². The normalized spacial score (nSPS) is 11.9. The number of nitrogens with zero attached hydrogens (tertiary/aromatic N) is 1. The quantitative estimate of drug-likeness (QED) is 0.489. The van der Waals surface area contributed by atoms with Crippen molar-refractivity contribution in [2.45, 2.75) is 26.8 Å². The van der Waals surface area contributed by atoms with Crippen LogP contribution in [0.4, 0.5) is 0 Å². The second-order valence-electron chi connectivity index (χ2n) is 5.93. The van der Waals surface area contributed by atoms with Gasteiger partial charge in [0.2, 0.25) is 0 Å². The van der Waals surface area contributed by atoms with Gasteiger partial charge in [0, 0.05) is 40.4 Å². The molecule has 3 rings (SSSR count). The third kappa shape index (κ3) is 3.79. The van der Waals surface area contributed by atoms with E-state index in [9.17, 15) is 0 Å². The van der Waals surface area contributed by atoms with Gasteiger partial charge in [0.05, 0.1) is 6.54 Å². The smallest absolute Gasteiger partial charge is 0.191 e. The van der Waals surface area contributed by atoms with Gasteiger partial charge in [0.1, 0.15) is 0 Å². The lowest BCUT2D eigenvalue weighted by Crippen LogP contribution is -2.37. The number of aromatic nitrogens is 1. The molecule has 0 bridgehead atoms. The van der Waals surface area contributed by atoms with Crippen LogP contribution >= 0.6 is 11.3 Å². The van der Waals surface area contributed by atoms with Crippen LogP contribution in [0.5, 0.6) is 0 Å². The number of nitrogens with one attached hydrogen (secondary N) is 3. The van der Waals surface area contributed by atoms with E-state index in [-0.39, 0.29) is 0 Å². The number of hydrogen-bond acceptors (Lipinski definition) is 2. The molecule has 3 aromatic rings. The lowest BCUT2D eigenvalue weighted by atomic mass is 10.1. The summed E-state index contributed by atoms with van der Waals surface area (Å²) >= 11 is 1.82. The van der Waals surface area contributed by atoms with Crippen LogP contribution in [0.15, 0.2) is 41.5 Å². The Morgan fingerprint density at radius 3 is 2.79 bits per heavy atom. The highest BCUT2D eigenvalue weighted by Gasteiger charge is 2.06. The minimum Gasteiger partial charge on any atom is -0.361 e. The van der Waals surface area contributed by atoms with Gasteiger partial charge in [-0.25, -0.2) is 0 Å². The SMILES string of the molecule is CN=C(NCCc1c[nH]c2c(C)cccc12)NCc1ccc(C)s1. The second-order valence-corrected chi connectivity index (χ2v) is 7.30. The number of benzene rings is 1. The van der Waals surface area contributed by atoms with E-state index in [2.05, 4.69) is 71.0 Å². The van der Waals surface area contributed by atoms with E-state index >= 15 is 0 Å². The molecule has 0 aliphatic carbocycles. The second kappa shape index (κ2) is 7.53. The molecule has 5 heteroatoms. The number of guanidine groups is 1. The van der Waals surface area contributed by atoms with Gasteiger partial charge in [-0.05, 0) is 43.5 Å². The molecule has 0 unspecified atom stereocenters. The Morgan fingerprint density at radius 2 is 2.04 bits per heavy atom. The summed E-state index contributed by atoms with van der Waals surface area (Å²) in [4.78, 5) is 10.3. The topological polar surface area (TPSA) is 52.2 Å². The predicted molar refractivity (Wildman–Crippen MR) is 104 cm³/mol. The molecule has 0 amide bonds. The molecular weight excluding hydrogens is 316 g/mol. The minimum absolute atomic E-state index is 0.810. The molecule has 0 aliphatic heterocycles. The zero-order chi connectivity index (χ0) is 16.9. The number of thiophene rings is 1. The van der Waals surface area contributed by atoms with Crippen LogP contribution < -0.4 is 10.6 Å². The highest BCUT2D eigenvalue weighted by molar-refractivity contribution is 7.11. The number of aryl methyl sites for hydroxylation is 2. The van der Waals surface area contributed by atoms with Crippen molar-refractivity contribution in [1.29, 1.82) is 0 Å². The van der Waals surface area contributed by atoms with Crippen molar-refractivity contribution in [3.63, 3.8) is 0 Å². The van der Waals surface area contributed by atoms with Crippen molar-refractivity contribution >= 4 is 28.2 Å². The third-order valence-electron chi connectivity index (χ3n) is 4.15. The Kier molecular flexibility index (Phi) is 5.20. The maximum absolute atomic E-state index is 4.30. The van der Waals surface area contributed by atoms with Crippen LogP contribution in [-0.4, -0.2) is 24.5 Å². The van der Waals surface area contributed by atoms with Crippen LogP contribution in [0, 0.1) is 13.8 Å². The van der Waals surface area contributed by atoms with Gasteiger partial charge in [0.15, 0.2) is 5.96 Å². The Bertz CT molecular complexity index is 844. The first-order valence-corrected chi connectivity index (χ1v) is 9.04. The van der Waals surface area contributed by atoms with Gasteiger partial charge in [-0.1, -0.05) is 18.2 Å². The highest BCUT2D eigenvalue weighted by atomic mass is 32.1. The number of rotatable bonds is 5. The van der Waals surface area contributed by atoms with E-state index in [0.717, 1.165) is 25.5 Å². The molecule has 0 saturated carbocycles. The summed E-state index contributed by atoms with van der Waals surface area (Å²) in [7, 11) is 1.81. The van der Waals surface area contributed by atoms with Crippen molar-refractivity contribution < 1.29 is 0 Å². The largest absolute Gasteiger partial charge is 0.361 e. The van der Waals surface area contributed by atoms with Gasteiger partial charge < -0.3 is 15.6 Å². The fourth-order valence-electron chi connectivity index (χ4n) is 2.86. The molecule has 2 aromatic heterocycles. The van der Waals surface area contributed by atoms with Gasteiger partial charge in [0.25, 0.3) is 0 Å². The van der Waals surface area contributed by atoms with E-state index in [1.54, 1.807) is 0 Å². The van der Waals surface area contributed by atoms with E-state index in [0.29, 0.717) is 0 Å². The van der Waals surface area contributed by atoms with Gasteiger partial charge >= 0.3 is 0 Å². The molecule has 0 saturated heterocycles.